The van der Waals surface area contributed by atoms with E-state index >= 15 is 9.59 Å². The number of aryl methyl sites for hydroxylation is 4. The van der Waals surface area contributed by atoms with Crippen LogP contribution in [-0.4, -0.2) is 46.5 Å². The number of hydrogen-bond donors (Lipinski definition) is 0. The number of hydrogen-bond acceptors (Lipinski definition) is 8. The third kappa shape index (κ3) is 10.6. The van der Waals surface area contributed by atoms with Gasteiger partial charge in [0.15, 0.2) is 0 Å². The largest absolute Gasteiger partial charge is 0.274 e. The Balaban J connectivity index is 1.42. The van der Waals surface area contributed by atoms with Gasteiger partial charge in [-0.15, -0.1) is 45.3 Å². The molecule has 0 saturated heterocycles. The number of thiophene rings is 4. The highest BCUT2D eigenvalue weighted by Crippen LogP contribution is 2.54. The van der Waals surface area contributed by atoms with E-state index in [2.05, 4.69) is 74.4 Å². The molecule has 68 heavy (non-hydrogen) atoms. The molecule has 2 aliphatic heterocycles. The molecule has 4 unspecified atom stereocenters. The SMILES string of the molecule is CCCCC(CC)CCc1c2cc(-c3sc(-c4sc(C)c5c4C(=O)N(CC(CC)CCCC)C5=O)c4c3C(=O)N(CC(CC)CCCC)C4=O)sc2c(CCC(CC)CCCC)c2cc(C)sc12. The van der Waals surface area contributed by atoms with Crippen LogP contribution in [0, 0.1) is 37.5 Å². The van der Waals surface area contributed by atoms with Gasteiger partial charge in [0.1, 0.15) is 0 Å². The third-order valence-corrected chi connectivity index (χ3v) is 20.6. The van der Waals surface area contributed by atoms with Gasteiger partial charge in [-0.3, -0.25) is 29.0 Å². The first kappa shape index (κ1) is 52.6. The summed E-state index contributed by atoms with van der Waals surface area (Å²) < 4.78 is 2.75. The van der Waals surface area contributed by atoms with E-state index in [4.69, 9.17) is 0 Å². The molecular weight excluding hydrogens is 917 g/mol. The molecule has 4 amide bonds. The number of nitrogens with zero attached hydrogens (tertiary/aromatic N) is 2. The van der Waals surface area contributed by atoms with Crippen molar-refractivity contribution in [1.82, 2.24) is 9.80 Å². The summed E-state index contributed by atoms with van der Waals surface area (Å²) >= 11 is 6.69. The molecule has 0 N–H and O–H groups in total. The van der Waals surface area contributed by atoms with Crippen molar-refractivity contribution in [3.05, 3.63) is 55.3 Å². The van der Waals surface area contributed by atoms with Crippen LogP contribution in [0.5, 0.6) is 0 Å². The first-order valence-corrected chi connectivity index (χ1v) is 30.2. The highest BCUT2D eigenvalue weighted by atomic mass is 32.1. The highest BCUT2D eigenvalue weighted by Gasteiger charge is 2.47. The molecule has 0 aliphatic carbocycles. The second-order valence-corrected chi connectivity index (χ2v) is 24.9. The maximum absolute atomic E-state index is 15.1. The molecule has 2 aliphatic rings. The summed E-state index contributed by atoms with van der Waals surface area (Å²) in [5.74, 6) is 0.838. The average Bonchev–Trinajstić information content (AvgIpc) is 4.19. The summed E-state index contributed by atoms with van der Waals surface area (Å²) in [7, 11) is 0. The summed E-state index contributed by atoms with van der Waals surface area (Å²) in [4.78, 5) is 67.5. The van der Waals surface area contributed by atoms with Gasteiger partial charge in [0.05, 0.1) is 36.9 Å². The number of amides is 4. The predicted molar refractivity (Wildman–Crippen MR) is 294 cm³/mol. The molecule has 6 heterocycles. The second-order valence-electron chi connectivity index (χ2n) is 20.3. The number of imide groups is 2. The van der Waals surface area contributed by atoms with Crippen molar-refractivity contribution in [2.24, 2.45) is 23.7 Å². The van der Waals surface area contributed by atoms with Crippen molar-refractivity contribution in [1.29, 1.82) is 0 Å². The number of benzene rings is 1. The summed E-state index contributed by atoms with van der Waals surface area (Å²) in [6, 6.07) is 4.82. The fourth-order valence-corrected chi connectivity index (χ4v) is 16.3. The minimum atomic E-state index is -0.262. The molecular formula is C58H80N2O4S4. The zero-order chi connectivity index (χ0) is 48.8. The van der Waals surface area contributed by atoms with Crippen molar-refractivity contribution < 1.29 is 19.2 Å². The summed E-state index contributed by atoms with van der Waals surface area (Å²) in [6.07, 6.45) is 22.1. The molecule has 7 rings (SSSR count). The highest BCUT2D eigenvalue weighted by molar-refractivity contribution is 7.29. The first-order chi connectivity index (χ1) is 32.9. The fourth-order valence-electron chi connectivity index (χ4n) is 11.2. The molecule has 4 atom stereocenters. The Morgan fingerprint density at radius 2 is 0.838 bits per heavy atom. The first-order valence-electron chi connectivity index (χ1n) is 26.9. The standard InChI is InChI=1S/C58H80N2O4S4/c1-11-19-23-37(15-5)27-29-41-43-31-35(9)65-50(43)42(30-28-38(16-6)24-20-12-2)44-32-45(67-51(41)44)52-48-49(58(64)60(57(48)63)34-40(18-8)26-22-14-4)54(68-52)53-47-46(36(10)66-53)55(61)59(56(47)62)33-39(17-7)25-21-13-3/h31-32,37-40H,11-30,33-34H2,1-10H3. The van der Waals surface area contributed by atoms with E-state index in [1.54, 1.807) is 0 Å². The zero-order valence-electron chi connectivity index (χ0n) is 43.2. The molecule has 5 aromatic rings. The van der Waals surface area contributed by atoms with E-state index in [0.29, 0.717) is 56.9 Å². The van der Waals surface area contributed by atoms with E-state index < -0.39 is 0 Å². The van der Waals surface area contributed by atoms with E-state index in [-0.39, 0.29) is 35.5 Å². The smallest absolute Gasteiger partial charge is 0.263 e. The van der Waals surface area contributed by atoms with E-state index in [1.165, 1.54) is 120 Å². The summed E-state index contributed by atoms with van der Waals surface area (Å²) in [6.45, 7) is 22.9. The lowest BCUT2D eigenvalue weighted by Gasteiger charge is -2.22. The second kappa shape index (κ2) is 23.8. The maximum Gasteiger partial charge on any atom is 0.263 e. The topological polar surface area (TPSA) is 74.8 Å². The van der Waals surface area contributed by atoms with E-state index in [0.717, 1.165) is 91.7 Å². The molecule has 370 valence electrons. The van der Waals surface area contributed by atoms with Gasteiger partial charge in [-0.1, -0.05) is 145 Å². The number of carbonyl (C=O) groups excluding carboxylic acids is 4. The third-order valence-electron chi connectivity index (χ3n) is 15.7. The van der Waals surface area contributed by atoms with Crippen LogP contribution in [0.4, 0.5) is 0 Å². The lowest BCUT2D eigenvalue weighted by Crippen LogP contribution is -2.35. The van der Waals surface area contributed by atoms with Gasteiger partial charge in [0, 0.05) is 37.1 Å². The Kier molecular flexibility index (Phi) is 18.4. The molecule has 0 saturated carbocycles. The van der Waals surface area contributed by atoms with Gasteiger partial charge < -0.3 is 0 Å². The normalized spacial score (nSPS) is 15.7. The van der Waals surface area contributed by atoms with Crippen molar-refractivity contribution in [2.75, 3.05) is 13.1 Å². The Bertz CT molecular complexity index is 2510. The van der Waals surface area contributed by atoms with Crippen LogP contribution in [0.2, 0.25) is 0 Å². The lowest BCUT2D eigenvalue weighted by atomic mass is 9.88. The van der Waals surface area contributed by atoms with E-state index in [9.17, 15) is 9.59 Å². The maximum atomic E-state index is 15.1. The van der Waals surface area contributed by atoms with Gasteiger partial charge >= 0.3 is 0 Å². The Morgan fingerprint density at radius 1 is 0.441 bits per heavy atom. The van der Waals surface area contributed by atoms with Gasteiger partial charge in [-0.25, -0.2) is 0 Å². The fraction of sp³-hybridized carbons (Fsp3) is 0.621. The molecule has 10 heteroatoms. The van der Waals surface area contributed by atoms with Crippen LogP contribution in [0.15, 0.2) is 12.1 Å². The molecule has 0 fully saturated rings. The van der Waals surface area contributed by atoms with Crippen molar-refractivity contribution >= 4 is 89.1 Å². The number of carbonyl (C=O) groups is 4. The van der Waals surface area contributed by atoms with Crippen LogP contribution in [0.3, 0.4) is 0 Å². The summed E-state index contributed by atoms with van der Waals surface area (Å²) in [5.41, 5.74) is 4.69. The minimum Gasteiger partial charge on any atom is -0.274 e. The molecule has 4 aromatic heterocycles. The van der Waals surface area contributed by atoms with Crippen LogP contribution in [0.1, 0.15) is 233 Å². The molecule has 0 radical (unpaired) electrons. The molecule has 0 spiro atoms. The lowest BCUT2D eigenvalue weighted by molar-refractivity contribution is 0.0608. The van der Waals surface area contributed by atoms with Gasteiger partial charge in [-0.2, -0.15) is 0 Å². The Hall–Kier alpha value is -3.18. The van der Waals surface area contributed by atoms with Gasteiger partial charge in [-0.05, 0) is 110 Å². The minimum absolute atomic E-state index is 0.210. The van der Waals surface area contributed by atoms with Crippen molar-refractivity contribution in [3.63, 3.8) is 0 Å². The van der Waals surface area contributed by atoms with Crippen molar-refractivity contribution in [3.8, 4) is 19.5 Å². The van der Waals surface area contributed by atoms with Crippen LogP contribution in [0.25, 0.3) is 39.7 Å². The molecule has 1 aromatic carbocycles. The van der Waals surface area contributed by atoms with Crippen LogP contribution >= 0.6 is 45.3 Å². The van der Waals surface area contributed by atoms with Crippen LogP contribution in [-0.2, 0) is 12.8 Å². The van der Waals surface area contributed by atoms with Gasteiger partial charge in [0.2, 0.25) is 0 Å². The van der Waals surface area contributed by atoms with Crippen LogP contribution < -0.4 is 0 Å². The van der Waals surface area contributed by atoms with Crippen molar-refractivity contribution in [2.45, 2.75) is 198 Å². The van der Waals surface area contributed by atoms with Gasteiger partial charge in [0.25, 0.3) is 23.6 Å². The Morgan fingerprint density at radius 3 is 1.31 bits per heavy atom. The molecule has 6 nitrogen and oxygen atoms in total. The average molecular weight is 998 g/mol. The summed E-state index contributed by atoms with van der Waals surface area (Å²) in [5, 5.41) is 2.71. The van der Waals surface area contributed by atoms with E-state index in [1.807, 2.05) is 29.6 Å². The zero-order valence-corrected chi connectivity index (χ0v) is 46.4. The number of unbranched alkanes of at least 4 members (excludes halogenated alkanes) is 4. The monoisotopic (exact) mass is 997 g/mol. The quantitative estimate of drug-likeness (QED) is 0.0468. The number of fused-ring (bicyclic) bond motifs is 4. The predicted octanol–water partition coefficient (Wildman–Crippen LogP) is 18.1. The molecule has 0 bridgehead atoms. The number of rotatable bonds is 28. The Labute approximate surface area is 424 Å².